The van der Waals surface area contributed by atoms with Gasteiger partial charge in [0.05, 0.1) is 16.6 Å². The highest BCUT2D eigenvalue weighted by Crippen LogP contribution is 2.26. The van der Waals surface area contributed by atoms with E-state index in [4.69, 9.17) is 11.6 Å². The molecule has 0 aromatic carbocycles. The molecule has 1 fully saturated rings. The molecule has 22 heavy (non-hydrogen) atoms. The molecule has 0 radical (unpaired) electrons. The van der Waals surface area contributed by atoms with Gasteiger partial charge in [-0.15, -0.1) is 11.3 Å². The molecular weight excluding hydrogens is 322 g/mol. The van der Waals surface area contributed by atoms with E-state index in [1.165, 1.54) is 11.3 Å². The van der Waals surface area contributed by atoms with Crippen LogP contribution in [0.15, 0.2) is 0 Å². The molecule has 1 aliphatic heterocycles. The Balaban J connectivity index is 1.82. The lowest BCUT2D eigenvalue weighted by Gasteiger charge is -2.31. The van der Waals surface area contributed by atoms with E-state index in [1.807, 2.05) is 27.7 Å². The number of halogens is 1. The molecule has 5 nitrogen and oxygen atoms in total. The number of thiazole rings is 1. The number of rotatable bonds is 4. The molecule has 2 amide bonds. The lowest BCUT2D eigenvalue weighted by molar-refractivity contribution is -0.132. The van der Waals surface area contributed by atoms with Crippen molar-refractivity contribution in [1.29, 1.82) is 0 Å². The first kappa shape index (κ1) is 17.2. The van der Waals surface area contributed by atoms with Gasteiger partial charge in [0.2, 0.25) is 11.8 Å². The van der Waals surface area contributed by atoms with E-state index in [-0.39, 0.29) is 23.3 Å². The van der Waals surface area contributed by atoms with Crippen LogP contribution in [0.2, 0.25) is 4.34 Å². The molecule has 1 atom stereocenters. The van der Waals surface area contributed by atoms with Crippen molar-refractivity contribution in [2.45, 2.75) is 46.1 Å². The molecule has 0 unspecified atom stereocenters. The molecule has 122 valence electrons. The summed E-state index contributed by atoms with van der Waals surface area (Å²) >= 11 is 7.42. The molecular formula is C15H22ClN3O2S. The van der Waals surface area contributed by atoms with Crippen LogP contribution in [0.3, 0.4) is 0 Å². The van der Waals surface area contributed by atoms with Gasteiger partial charge in [0.1, 0.15) is 4.34 Å². The summed E-state index contributed by atoms with van der Waals surface area (Å²) in [5, 5.41) is 3.82. The average molecular weight is 344 g/mol. The second kappa shape index (κ2) is 6.54. The average Bonchev–Trinajstić information content (AvgIpc) is 2.93. The quantitative estimate of drug-likeness (QED) is 0.913. The van der Waals surface area contributed by atoms with Crippen molar-refractivity contribution in [3.8, 4) is 0 Å². The van der Waals surface area contributed by atoms with E-state index in [0.717, 1.165) is 10.7 Å². The molecule has 1 N–H and O–H groups in total. The Morgan fingerprint density at radius 1 is 1.50 bits per heavy atom. The largest absolute Gasteiger partial charge is 0.355 e. The highest BCUT2D eigenvalue weighted by atomic mass is 35.5. The molecule has 1 aromatic rings. The Hall–Kier alpha value is -1.14. The van der Waals surface area contributed by atoms with Crippen LogP contribution in [0.5, 0.6) is 0 Å². The van der Waals surface area contributed by atoms with Gasteiger partial charge in [0.15, 0.2) is 0 Å². The lowest BCUT2D eigenvalue weighted by atomic mass is 10.1. The van der Waals surface area contributed by atoms with Gasteiger partial charge < -0.3 is 10.2 Å². The van der Waals surface area contributed by atoms with Crippen LogP contribution in [-0.2, 0) is 16.0 Å². The number of carbonyl (C=O) groups is 2. The maximum atomic E-state index is 12.2. The molecule has 0 spiro atoms. The van der Waals surface area contributed by atoms with Crippen molar-refractivity contribution >= 4 is 34.8 Å². The topological polar surface area (TPSA) is 62.3 Å². The van der Waals surface area contributed by atoms with Crippen molar-refractivity contribution in [2.24, 2.45) is 5.92 Å². The SMILES string of the molecule is Cc1nc(CCNC(=O)[C@H]2CC(=O)N(C(C)(C)C)C2)sc1Cl. The standard InChI is InChI=1S/C15H22ClN3O2S/c1-9-13(16)22-11(18-9)5-6-17-14(21)10-7-12(20)19(8-10)15(2,3)4/h10H,5-8H2,1-4H3,(H,17,21)/t10-/m0/s1. The van der Waals surface area contributed by atoms with E-state index in [0.29, 0.717) is 30.3 Å². The van der Waals surface area contributed by atoms with Gasteiger partial charge in [-0.2, -0.15) is 0 Å². The predicted octanol–water partition coefficient (Wildman–Crippen LogP) is 2.41. The molecule has 0 aliphatic carbocycles. The Bertz CT molecular complexity index is 560. The summed E-state index contributed by atoms with van der Waals surface area (Å²) in [6.45, 7) is 8.84. The monoisotopic (exact) mass is 343 g/mol. The summed E-state index contributed by atoms with van der Waals surface area (Å²) in [7, 11) is 0. The zero-order valence-corrected chi connectivity index (χ0v) is 15.0. The van der Waals surface area contributed by atoms with Gasteiger partial charge in [-0.25, -0.2) is 4.98 Å². The first-order valence-electron chi connectivity index (χ1n) is 7.38. The van der Waals surface area contributed by atoms with Crippen molar-refractivity contribution in [1.82, 2.24) is 15.2 Å². The Morgan fingerprint density at radius 2 is 2.18 bits per heavy atom. The molecule has 0 bridgehead atoms. The number of hydrogen-bond donors (Lipinski definition) is 1. The maximum absolute atomic E-state index is 12.2. The van der Waals surface area contributed by atoms with Gasteiger partial charge in [-0.05, 0) is 27.7 Å². The molecule has 2 heterocycles. The fourth-order valence-corrected chi connectivity index (χ4v) is 3.60. The Morgan fingerprint density at radius 3 is 2.68 bits per heavy atom. The zero-order chi connectivity index (χ0) is 16.5. The van der Waals surface area contributed by atoms with E-state index < -0.39 is 0 Å². The predicted molar refractivity (Wildman–Crippen MR) is 88.1 cm³/mol. The van der Waals surface area contributed by atoms with Gasteiger partial charge in [0, 0.05) is 31.5 Å². The number of aromatic nitrogens is 1. The number of amides is 2. The first-order chi connectivity index (χ1) is 10.2. The summed E-state index contributed by atoms with van der Waals surface area (Å²) in [6.07, 6.45) is 0.957. The minimum absolute atomic E-state index is 0.0509. The van der Waals surface area contributed by atoms with Crippen molar-refractivity contribution in [3.63, 3.8) is 0 Å². The van der Waals surface area contributed by atoms with Crippen LogP contribution in [-0.4, -0.2) is 40.3 Å². The smallest absolute Gasteiger partial charge is 0.225 e. The fraction of sp³-hybridized carbons (Fsp3) is 0.667. The van der Waals surface area contributed by atoms with Crippen LogP contribution in [0.4, 0.5) is 0 Å². The number of carbonyl (C=O) groups excluding carboxylic acids is 2. The van der Waals surface area contributed by atoms with E-state index in [9.17, 15) is 9.59 Å². The number of nitrogens with zero attached hydrogens (tertiary/aromatic N) is 2. The summed E-state index contributed by atoms with van der Waals surface area (Å²) in [5.41, 5.74) is 0.594. The van der Waals surface area contributed by atoms with E-state index in [1.54, 1.807) is 4.90 Å². The molecule has 1 aromatic heterocycles. The summed E-state index contributed by atoms with van der Waals surface area (Å²) in [6, 6.07) is 0. The normalized spacial score (nSPS) is 18.9. The van der Waals surface area contributed by atoms with Crippen LogP contribution < -0.4 is 5.32 Å². The van der Waals surface area contributed by atoms with E-state index >= 15 is 0 Å². The third kappa shape index (κ3) is 3.98. The summed E-state index contributed by atoms with van der Waals surface area (Å²) in [5.74, 6) is -0.261. The van der Waals surface area contributed by atoms with Crippen molar-refractivity contribution < 1.29 is 9.59 Å². The Kier molecular flexibility index (Phi) is 5.12. The Labute approximate surface area is 140 Å². The number of nitrogens with one attached hydrogen (secondary N) is 1. The maximum Gasteiger partial charge on any atom is 0.225 e. The van der Waals surface area contributed by atoms with Crippen molar-refractivity contribution in [2.75, 3.05) is 13.1 Å². The number of likely N-dealkylation sites (tertiary alicyclic amines) is 1. The number of aryl methyl sites for hydroxylation is 1. The lowest BCUT2D eigenvalue weighted by Crippen LogP contribution is -2.43. The van der Waals surface area contributed by atoms with Crippen LogP contribution in [0.25, 0.3) is 0 Å². The molecule has 1 aliphatic rings. The number of hydrogen-bond acceptors (Lipinski definition) is 4. The van der Waals surface area contributed by atoms with Gasteiger partial charge in [-0.3, -0.25) is 9.59 Å². The second-order valence-electron chi connectivity index (χ2n) is 6.58. The highest BCUT2D eigenvalue weighted by molar-refractivity contribution is 7.16. The minimum Gasteiger partial charge on any atom is -0.355 e. The molecule has 7 heteroatoms. The second-order valence-corrected chi connectivity index (χ2v) is 8.27. The summed E-state index contributed by atoms with van der Waals surface area (Å²) in [4.78, 5) is 30.3. The summed E-state index contributed by atoms with van der Waals surface area (Å²) < 4.78 is 0.698. The van der Waals surface area contributed by atoms with Crippen LogP contribution in [0, 0.1) is 12.8 Å². The van der Waals surface area contributed by atoms with Crippen molar-refractivity contribution in [3.05, 3.63) is 15.0 Å². The van der Waals surface area contributed by atoms with Crippen LogP contribution in [0.1, 0.15) is 37.9 Å². The van der Waals surface area contributed by atoms with Gasteiger partial charge in [0.25, 0.3) is 0 Å². The zero-order valence-electron chi connectivity index (χ0n) is 13.4. The minimum atomic E-state index is -0.256. The first-order valence-corrected chi connectivity index (χ1v) is 8.58. The van der Waals surface area contributed by atoms with Crippen LogP contribution >= 0.6 is 22.9 Å². The fourth-order valence-electron chi connectivity index (χ4n) is 2.51. The van der Waals surface area contributed by atoms with E-state index in [2.05, 4.69) is 10.3 Å². The molecule has 0 saturated carbocycles. The third-order valence-corrected chi connectivity index (χ3v) is 5.24. The van der Waals surface area contributed by atoms with Gasteiger partial charge >= 0.3 is 0 Å². The highest BCUT2D eigenvalue weighted by Gasteiger charge is 2.39. The molecule has 2 rings (SSSR count). The van der Waals surface area contributed by atoms with Gasteiger partial charge in [-0.1, -0.05) is 11.6 Å². The molecule has 1 saturated heterocycles. The third-order valence-electron chi connectivity index (χ3n) is 3.73.